The van der Waals surface area contributed by atoms with Gasteiger partial charge in [-0.15, -0.1) is 0 Å². The molecule has 0 amide bonds. The van der Waals surface area contributed by atoms with Gasteiger partial charge in [-0.1, -0.05) is 24.2 Å². The zero-order chi connectivity index (χ0) is 14.5. The summed E-state index contributed by atoms with van der Waals surface area (Å²) in [5, 5.41) is 0.724. The molecule has 1 aliphatic heterocycles. The Bertz CT molecular complexity index is 495. The second-order valence-electron chi connectivity index (χ2n) is 5.04. The molecule has 1 aromatic carbocycles. The highest BCUT2D eigenvalue weighted by molar-refractivity contribution is 6.30. The van der Waals surface area contributed by atoms with E-state index in [9.17, 15) is 4.79 Å². The number of nitrogens with zero attached hydrogens (tertiary/aromatic N) is 1. The number of allylic oxidation sites excluding steroid dienone is 1. The van der Waals surface area contributed by atoms with E-state index in [1.165, 1.54) is 6.08 Å². The van der Waals surface area contributed by atoms with E-state index in [1.807, 2.05) is 25.1 Å². The quantitative estimate of drug-likeness (QED) is 0.781. The second kappa shape index (κ2) is 7.02. The lowest BCUT2D eigenvalue weighted by Gasteiger charge is -2.35. The van der Waals surface area contributed by atoms with Crippen molar-refractivity contribution in [1.29, 1.82) is 0 Å². The second-order valence-corrected chi connectivity index (χ2v) is 5.48. The van der Waals surface area contributed by atoms with Crippen molar-refractivity contribution in [3.8, 4) is 0 Å². The number of hydrogen-bond acceptors (Lipinski definition) is 3. The Morgan fingerprint density at radius 1 is 1.50 bits per heavy atom. The average Bonchev–Trinajstić information content (AvgIpc) is 2.46. The Morgan fingerprint density at radius 2 is 2.20 bits per heavy atom. The van der Waals surface area contributed by atoms with Crippen molar-refractivity contribution in [3.05, 3.63) is 47.0 Å². The smallest absolute Gasteiger partial charge is 0.157 e. The summed E-state index contributed by atoms with van der Waals surface area (Å²) in [5.74, 6) is 0.0656. The fourth-order valence-electron chi connectivity index (χ4n) is 2.61. The molecule has 3 nitrogen and oxygen atoms in total. The minimum atomic E-state index is 0.0656. The number of benzene rings is 1. The first kappa shape index (κ1) is 15.2. The fraction of sp³-hybridized carbons (Fsp3) is 0.438. The Morgan fingerprint density at radius 3 is 2.80 bits per heavy atom. The van der Waals surface area contributed by atoms with E-state index in [2.05, 4.69) is 11.5 Å². The predicted octanol–water partition coefficient (Wildman–Crippen LogP) is 3.17. The lowest BCUT2D eigenvalue weighted by atomic mass is 9.95. The van der Waals surface area contributed by atoms with E-state index in [0.717, 1.165) is 29.2 Å². The zero-order valence-electron chi connectivity index (χ0n) is 11.8. The third-order valence-corrected chi connectivity index (χ3v) is 3.93. The van der Waals surface area contributed by atoms with Gasteiger partial charge in [0.15, 0.2) is 5.78 Å². The third kappa shape index (κ3) is 3.69. The van der Waals surface area contributed by atoms with Crippen LogP contribution in [0.2, 0.25) is 5.02 Å². The third-order valence-electron chi connectivity index (χ3n) is 3.70. The Kier molecular flexibility index (Phi) is 5.35. The number of ether oxygens (including phenoxy) is 1. The van der Waals surface area contributed by atoms with Crippen LogP contribution in [0.1, 0.15) is 23.6 Å². The summed E-state index contributed by atoms with van der Waals surface area (Å²) in [7, 11) is 0. The lowest BCUT2D eigenvalue weighted by Crippen LogP contribution is -2.40. The number of ketones is 1. The van der Waals surface area contributed by atoms with Crippen molar-refractivity contribution in [1.82, 2.24) is 4.90 Å². The normalized spacial score (nSPS) is 17.7. The van der Waals surface area contributed by atoms with E-state index in [4.69, 9.17) is 16.3 Å². The molecule has 1 aromatic rings. The van der Waals surface area contributed by atoms with Crippen LogP contribution in [0, 0.1) is 6.92 Å². The van der Waals surface area contributed by atoms with Gasteiger partial charge < -0.3 is 4.74 Å². The summed E-state index contributed by atoms with van der Waals surface area (Å²) in [6, 6.07) is 5.92. The maximum Gasteiger partial charge on any atom is 0.157 e. The first-order valence-corrected chi connectivity index (χ1v) is 7.22. The molecule has 0 radical (unpaired) electrons. The van der Waals surface area contributed by atoms with Gasteiger partial charge in [-0.2, -0.15) is 0 Å². The molecule has 20 heavy (non-hydrogen) atoms. The number of halogens is 1. The van der Waals surface area contributed by atoms with Crippen LogP contribution in [-0.4, -0.2) is 37.0 Å². The van der Waals surface area contributed by atoms with Gasteiger partial charge in [-0.3, -0.25) is 9.69 Å². The van der Waals surface area contributed by atoms with Crippen LogP contribution in [0.4, 0.5) is 0 Å². The summed E-state index contributed by atoms with van der Waals surface area (Å²) in [6.45, 7) is 8.73. The fourth-order valence-corrected chi connectivity index (χ4v) is 2.84. The maximum absolute atomic E-state index is 11.8. The van der Waals surface area contributed by atoms with Crippen LogP contribution >= 0.6 is 11.6 Å². The molecule has 1 unspecified atom stereocenters. The number of aryl methyl sites for hydroxylation is 1. The number of carbonyl (C=O) groups is 1. The molecule has 108 valence electrons. The molecule has 1 saturated heterocycles. The first-order chi connectivity index (χ1) is 9.61. The minimum Gasteiger partial charge on any atom is -0.379 e. The number of rotatable bonds is 5. The van der Waals surface area contributed by atoms with E-state index < -0.39 is 0 Å². The van der Waals surface area contributed by atoms with Gasteiger partial charge in [0, 0.05) is 30.6 Å². The predicted molar refractivity (Wildman–Crippen MR) is 81.1 cm³/mol. The highest BCUT2D eigenvalue weighted by Gasteiger charge is 2.25. The molecular weight excluding hydrogens is 274 g/mol. The Labute approximate surface area is 125 Å². The van der Waals surface area contributed by atoms with Crippen LogP contribution in [0.5, 0.6) is 0 Å². The molecule has 0 spiro atoms. The van der Waals surface area contributed by atoms with Crippen molar-refractivity contribution in [3.63, 3.8) is 0 Å². The number of morpholine rings is 1. The average molecular weight is 294 g/mol. The van der Waals surface area contributed by atoms with Crippen molar-refractivity contribution in [2.45, 2.75) is 19.4 Å². The molecule has 1 heterocycles. The van der Waals surface area contributed by atoms with Crippen LogP contribution in [-0.2, 0) is 9.53 Å². The van der Waals surface area contributed by atoms with E-state index >= 15 is 0 Å². The lowest BCUT2D eigenvalue weighted by molar-refractivity contribution is -0.116. The van der Waals surface area contributed by atoms with Gasteiger partial charge in [0.1, 0.15) is 0 Å². The van der Waals surface area contributed by atoms with Crippen LogP contribution in [0.25, 0.3) is 0 Å². The summed E-state index contributed by atoms with van der Waals surface area (Å²) in [5.41, 5.74) is 2.28. The van der Waals surface area contributed by atoms with Crippen LogP contribution in [0.15, 0.2) is 30.9 Å². The number of carbonyl (C=O) groups excluding carboxylic acids is 1. The largest absolute Gasteiger partial charge is 0.379 e. The van der Waals surface area contributed by atoms with Gasteiger partial charge in [0.25, 0.3) is 0 Å². The minimum absolute atomic E-state index is 0.0656. The van der Waals surface area contributed by atoms with Crippen molar-refractivity contribution in [2.24, 2.45) is 0 Å². The Hall–Kier alpha value is -1.16. The van der Waals surface area contributed by atoms with E-state index in [-0.39, 0.29) is 11.8 Å². The highest BCUT2D eigenvalue weighted by Crippen LogP contribution is 2.29. The van der Waals surface area contributed by atoms with Crippen molar-refractivity contribution in [2.75, 3.05) is 26.3 Å². The topological polar surface area (TPSA) is 29.5 Å². The molecule has 1 atom stereocenters. The summed E-state index contributed by atoms with van der Waals surface area (Å²) < 4.78 is 5.40. The van der Waals surface area contributed by atoms with Gasteiger partial charge >= 0.3 is 0 Å². The van der Waals surface area contributed by atoms with E-state index in [0.29, 0.717) is 19.6 Å². The van der Waals surface area contributed by atoms with Crippen molar-refractivity contribution < 1.29 is 9.53 Å². The molecule has 0 aliphatic carbocycles. The molecule has 0 bridgehead atoms. The van der Waals surface area contributed by atoms with Gasteiger partial charge in [0.05, 0.1) is 13.2 Å². The molecule has 2 rings (SSSR count). The summed E-state index contributed by atoms with van der Waals surface area (Å²) in [6.07, 6.45) is 1.85. The maximum atomic E-state index is 11.8. The number of hydrogen-bond donors (Lipinski definition) is 0. The van der Waals surface area contributed by atoms with E-state index in [1.54, 1.807) is 0 Å². The Balaban J connectivity index is 2.28. The highest BCUT2D eigenvalue weighted by atomic mass is 35.5. The molecule has 4 heteroatoms. The first-order valence-electron chi connectivity index (χ1n) is 6.85. The van der Waals surface area contributed by atoms with Gasteiger partial charge in [-0.25, -0.2) is 0 Å². The molecule has 1 fully saturated rings. The molecule has 0 N–H and O–H groups in total. The monoisotopic (exact) mass is 293 g/mol. The molecular formula is C16H20ClNO2. The van der Waals surface area contributed by atoms with Crippen LogP contribution < -0.4 is 0 Å². The van der Waals surface area contributed by atoms with Crippen LogP contribution in [0.3, 0.4) is 0 Å². The standard InChI is InChI=1S/C16H20ClNO2/c1-3-14(19)11-16(18-6-8-20-9-7-18)15-5-4-13(17)10-12(15)2/h3-5,10,16H,1,6-9,11H2,2H3. The SMILES string of the molecule is C=CC(=O)CC(c1ccc(Cl)cc1C)N1CCOCC1. The van der Waals surface area contributed by atoms with Gasteiger partial charge in [0.2, 0.25) is 0 Å². The van der Waals surface area contributed by atoms with Gasteiger partial charge in [-0.05, 0) is 36.3 Å². The van der Waals surface area contributed by atoms with Crippen molar-refractivity contribution >= 4 is 17.4 Å². The summed E-state index contributed by atoms with van der Waals surface area (Å²) in [4.78, 5) is 14.1. The molecule has 1 aliphatic rings. The molecule has 0 saturated carbocycles. The zero-order valence-corrected chi connectivity index (χ0v) is 12.5. The molecule has 0 aromatic heterocycles. The summed E-state index contributed by atoms with van der Waals surface area (Å²) >= 11 is 6.02.